The molecule has 3 nitrogen and oxygen atoms in total. The molecule has 0 aliphatic heterocycles. The van der Waals surface area contributed by atoms with Crippen molar-refractivity contribution >= 4 is 11.7 Å². The van der Waals surface area contributed by atoms with Crippen molar-refractivity contribution in [2.75, 3.05) is 13.6 Å². The Hall–Kier alpha value is -1.64. The monoisotopic (exact) mass is 327 g/mol. The molecule has 1 aromatic rings. The number of carbonyl (C=O) groups is 2. The van der Waals surface area contributed by atoms with Crippen molar-refractivity contribution in [3.8, 4) is 0 Å². The summed E-state index contributed by atoms with van der Waals surface area (Å²) >= 11 is 0. The summed E-state index contributed by atoms with van der Waals surface area (Å²) in [5.41, 5.74) is 1.98. The number of Topliss-reactive ketones (excluding diaryl/α,β-unsaturated/α-hetero) is 1. The summed E-state index contributed by atoms with van der Waals surface area (Å²) in [6.07, 6.45) is 9.56. The Morgan fingerprint density at radius 2 is 1.83 bits per heavy atom. The Morgan fingerprint density at radius 3 is 2.62 bits per heavy atom. The van der Waals surface area contributed by atoms with Crippen LogP contribution in [0.4, 0.5) is 0 Å². The van der Waals surface area contributed by atoms with E-state index in [2.05, 4.69) is 0 Å². The van der Waals surface area contributed by atoms with E-state index in [0.717, 1.165) is 36.9 Å². The van der Waals surface area contributed by atoms with Crippen molar-refractivity contribution < 1.29 is 9.59 Å². The first kappa shape index (κ1) is 17.2. The second kappa shape index (κ2) is 7.96. The zero-order chi connectivity index (χ0) is 16.9. The van der Waals surface area contributed by atoms with E-state index in [1.54, 1.807) is 0 Å². The maximum absolute atomic E-state index is 12.8. The van der Waals surface area contributed by atoms with Crippen LogP contribution in [0.1, 0.15) is 67.3 Å². The SMILES string of the molecule is CN(CC1CCCCC1)C(=O)CC1CCCc2ccccc2C1=O. The molecule has 1 fully saturated rings. The number of ketones is 1. The summed E-state index contributed by atoms with van der Waals surface area (Å²) in [7, 11) is 1.91. The molecule has 1 aromatic carbocycles. The predicted molar refractivity (Wildman–Crippen MR) is 96.0 cm³/mol. The van der Waals surface area contributed by atoms with Crippen LogP contribution in [0.15, 0.2) is 24.3 Å². The standard InChI is InChI=1S/C21H29NO2/c1-22(15-16-8-3-2-4-9-16)20(23)14-18-12-7-11-17-10-5-6-13-19(17)21(18)24/h5-6,10,13,16,18H,2-4,7-9,11-12,14-15H2,1H3. The van der Waals surface area contributed by atoms with Crippen LogP contribution in [0.25, 0.3) is 0 Å². The lowest BCUT2D eigenvalue weighted by Gasteiger charge is -2.28. The number of carbonyl (C=O) groups excluding carboxylic acids is 2. The van der Waals surface area contributed by atoms with E-state index in [1.165, 1.54) is 32.1 Å². The van der Waals surface area contributed by atoms with Crippen molar-refractivity contribution in [2.45, 2.75) is 57.8 Å². The average Bonchev–Trinajstić information content (AvgIpc) is 2.76. The Morgan fingerprint density at radius 1 is 1.08 bits per heavy atom. The van der Waals surface area contributed by atoms with Crippen LogP contribution in [0.3, 0.4) is 0 Å². The smallest absolute Gasteiger partial charge is 0.223 e. The van der Waals surface area contributed by atoms with Gasteiger partial charge in [0, 0.05) is 31.5 Å². The molecule has 3 rings (SSSR count). The number of amides is 1. The van der Waals surface area contributed by atoms with Crippen LogP contribution < -0.4 is 0 Å². The topological polar surface area (TPSA) is 37.4 Å². The summed E-state index contributed by atoms with van der Waals surface area (Å²) < 4.78 is 0. The number of hydrogen-bond acceptors (Lipinski definition) is 2. The van der Waals surface area contributed by atoms with E-state index in [-0.39, 0.29) is 17.6 Å². The summed E-state index contributed by atoms with van der Waals surface area (Å²) in [5.74, 6) is 0.814. The molecule has 1 amide bonds. The highest BCUT2D eigenvalue weighted by molar-refractivity contribution is 6.01. The molecule has 2 aliphatic carbocycles. The van der Waals surface area contributed by atoms with Gasteiger partial charge in [-0.25, -0.2) is 0 Å². The number of benzene rings is 1. The minimum atomic E-state index is -0.144. The highest BCUT2D eigenvalue weighted by Gasteiger charge is 2.28. The molecule has 1 saturated carbocycles. The number of nitrogens with zero attached hydrogens (tertiary/aromatic N) is 1. The largest absolute Gasteiger partial charge is 0.345 e. The van der Waals surface area contributed by atoms with Gasteiger partial charge in [-0.2, -0.15) is 0 Å². The zero-order valence-electron chi connectivity index (χ0n) is 14.8. The fourth-order valence-electron chi connectivity index (χ4n) is 4.29. The van der Waals surface area contributed by atoms with Gasteiger partial charge >= 0.3 is 0 Å². The molecule has 0 N–H and O–H groups in total. The minimum absolute atomic E-state index is 0.137. The molecule has 24 heavy (non-hydrogen) atoms. The fourth-order valence-corrected chi connectivity index (χ4v) is 4.29. The Kier molecular flexibility index (Phi) is 5.70. The molecule has 0 spiro atoms. The quantitative estimate of drug-likeness (QED) is 0.775. The van der Waals surface area contributed by atoms with Crippen molar-refractivity contribution in [1.82, 2.24) is 4.90 Å². The van der Waals surface area contributed by atoms with Gasteiger partial charge < -0.3 is 4.90 Å². The molecule has 0 bridgehead atoms. The molecular formula is C21H29NO2. The van der Waals surface area contributed by atoms with Crippen molar-refractivity contribution in [3.63, 3.8) is 0 Å². The van der Waals surface area contributed by atoms with E-state index >= 15 is 0 Å². The summed E-state index contributed by atoms with van der Waals surface area (Å²) in [4.78, 5) is 27.3. The number of hydrogen-bond donors (Lipinski definition) is 0. The number of aryl methyl sites for hydroxylation is 1. The van der Waals surface area contributed by atoms with Crippen LogP contribution >= 0.6 is 0 Å². The first-order chi connectivity index (χ1) is 11.6. The lowest BCUT2D eigenvalue weighted by Crippen LogP contribution is -2.34. The van der Waals surface area contributed by atoms with Gasteiger partial charge in [-0.15, -0.1) is 0 Å². The first-order valence-corrected chi connectivity index (χ1v) is 9.51. The molecule has 3 heteroatoms. The van der Waals surface area contributed by atoms with Crippen molar-refractivity contribution in [2.24, 2.45) is 11.8 Å². The second-order valence-corrected chi connectivity index (χ2v) is 7.59. The third kappa shape index (κ3) is 4.06. The van der Waals surface area contributed by atoms with Gasteiger partial charge in [0.1, 0.15) is 0 Å². The van der Waals surface area contributed by atoms with Crippen molar-refractivity contribution in [1.29, 1.82) is 0 Å². The maximum atomic E-state index is 12.8. The highest BCUT2D eigenvalue weighted by atomic mass is 16.2. The predicted octanol–water partition coefficient (Wildman–Crippen LogP) is 4.25. The highest BCUT2D eigenvalue weighted by Crippen LogP contribution is 2.28. The minimum Gasteiger partial charge on any atom is -0.345 e. The van der Waals surface area contributed by atoms with Crippen molar-refractivity contribution in [3.05, 3.63) is 35.4 Å². The first-order valence-electron chi connectivity index (χ1n) is 9.51. The summed E-state index contributed by atoms with van der Waals surface area (Å²) in [6, 6.07) is 7.89. The third-order valence-electron chi connectivity index (χ3n) is 5.76. The summed E-state index contributed by atoms with van der Waals surface area (Å²) in [6.45, 7) is 0.857. The van der Waals surface area contributed by atoms with Gasteiger partial charge in [0.05, 0.1) is 0 Å². The number of rotatable bonds is 4. The van der Waals surface area contributed by atoms with Gasteiger partial charge in [0.25, 0.3) is 0 Å². The zero-order valence-corrected chi connectivity index (χ0v) is 14.8. The number of fused-ring (bicyclic) bond motifs is 1. The lowest BCUT2D eigenvalue weighted by molar-refractivity contribution is -0.131. The Bertz CT molecular complexity index is 589. The van der Waals surface area contributed by atoms with Gasteiger partial charge in [0.2, 0.25) is 5.91 Å². The molecular weight excluding hydrogens is 298 g/mol. The van der Waals surface area contributed by atoms with E-state index in [1.807, 2.05) is 36.2 Å². The van der Waals surface area contributed by atoms with Crippen LogP contribution in [0.2, 0.25) is 0 Å². The normalized spacial score (nSPS) is 21.9. The molecule has 0 heterocycles. The average molecular weight is 327 g/mol. The molecule has 130 valence electrons. The molecule has 0 aromatic heterocycles. The van der Waals surface area contributed by atoms with E-state index in [4.69, 9.17) is 0 Å². The van der Waals surface area contributed by atoms with Crippen LogP contribution in [0.5, 0.6) is 0 Å². The van der Waals surface area contributed by atoms with Gasteiger partial charge in [-0.1, -0.05) is 43.5 Å². The Labute approximate surface area is 145 Å². The van der Waals surface area contributed by atoms with E-state index in [0.29, 0.717) is 12.3 Å². The second-order valence-electron chi connectivity index (χ2n) is 7.59. The molecule has 2 aliphatic rings. The fraction of sp³-hybridized carbons (Fsp3) is 0.619. The third-order valence-corrected chi connectivity index (χ3v) is 5.76. The van der Waals surface area contributed by atoms with Gasteiger partial charge in [0.15, 0.2) is 5.78 Å². The Balaban J connectivity index is 1.60. The van der Waals surface area contributed by atoms with E-state index < -0.39 is 0 Å². The van der Waals surface area contributed by atoms with Gasteiger partial charge in [-0.3, -0.25) is 9.59 Å². The van der Waals surface area contributed by atoms with E-state index in [9.17, 15) is 9.59 Å². The summed E-state index contributed by atoms with van der Waals surface area (Å²) in [5, 5.41) is 0. The lowest BCUT2D eigenvalue weighted by atomic mass is 9.88. The van der Waals surface area contributed by atoms with Crippen LogP contribution in [-0.2, 0) is 11.2 Å². The van der Waals surface area contributed by atoms with Crippen LogP contribution in [-0.4, -0.2) is 30.2 Å². The van der Waals surface area contributed by atoms with Gasteiger partial charge in [-0.05, 0) is 43.6 Å². The molecule has 0 radical (unpaired) electrons. The maximum Gasteiger partial charge on any atom is 0.223 e. The van der Waals surface area contributed by atoms with Crippen LogP contribution in [0, 0.1) is 11.8 Å². The molecule has 0 saturated heterocycles. The molecule has 1 atom stereocenters. The molecule has 1 unspecified atom stereocenters.